The average molecular weight is 366 g/mol. The van der Waals surface area contributed by atoms with E-state index >= 15 is 0 Å². The van der Waals surface area contributed by atoms with Crippen molar-refractivity contribution in [3.05, 3.63) is 69.0 Å². The molecule has 1 heterocycles. The van der Waals surface area contributed by atoms with Gasteiger partial charge in [0.25, 0.3) is 5.91 Å². The molecule has 1 aliphatic heterocycles. The van der Waals surface area contributed by atoms with Crippen molar-refractivity contribution in [2.24, 2.45) is 0 Å². The Morgan fingerprint density at radius 1 is 1.00 bits per heavy atom. The molecule has 1 fully saturated rings. The number of thiocarbonyl (C=S) groups is 1. The van der Waals surface area contributed by atoms with Gasteiger partial charge in [-0.05, 0) is 30.3 Å². The van der Waals surface area contributed by atoms with Gasteiger partial charge >= 0.3 is 0 Å². The second kappa shape index (κ2) is 6.42. The molecule has 2 nitrogen and oxygen atoms in total. The number of amides is 1. The van der Waals surface area contributed by atoms with Gasteiger partial charge in [0.05, 0.1) is 10.6 Å². The zero-order valence-corrected chi connectivity index (χ0v) is 14.3. The summed E-state index contributed by atoms with van der Waals surface area (Å²) in [7, 11) is 0. The fraction of sp³-hybridized carbons (Fsp3) is 0. The average Bonchev–Trinajstić information content (AvgIpc) is 2.78. The van der Waals surface area contributed by atoms with E-state index in [1.54, 1.807) is 24.3 Å². The van der Waals surface area contributed by atoms with Gasteiger partial charge in [-0.3, -0.25) is 9.69 Å². The lowest BCUT2D eigenvalue weighted by molar-refractivity contribution is -0.113. The fourth-order valence-electron chi connectivity index (χ4n) is 2.05. The van der Waals surface area contributed by atoms with Crippen LogP contribution in [0.1, 0.15) is 5.56 Å². The molecule has 0 aromatic heterocycles. The van der Waals surface area contributed by atoms with E-state index in [4.69, 9.17) is 35.4 Å². The van der Waals surface area contributed by atoms with Gasteiger partial charge in [-0.2, -0.15) is 0 Å². The zero-order chi connectivity index (χ0) is 15.7. The van der Waals surface area contributed by atoms with Crippen molar-refractivity contribution in [2.75, 3.05) is 4.90 Å². The molecule has 1 saturated heterocycles. The number of hydrogen-bond donors (Lipinski definition) is 0. The van der Waals surface area contributed by atoms with Crippen LogP contribution < -0.4 is 4.90 Å². The predicted octanol–water partition coefficient (Wildman–Crippen LogP) is 5.40. The Morgan fingerprint density at radius 3 is 2.27 bits per heavy atom. The van der Waals surface area contributed by atoms with Gasteiger partial charge in [0.1, 0.15) is 0 Å². The highest BCUT2D eigenvalue weighted by Gasteiger charge is 2.33. The summed E-state index contributed by atoms with van der Waals surface area (Å²) in [5, 5.41) is 0.995. The minimum atomic E-state index is -0.169. The molecule has 6 heteroatoms. The van der Waals surface area contributed by atoms with Crippen LogP contribution in [0.3, 0.4) is 0 Å². The van der Waals surface area contributed by atoms with Crippen LogP contribution in [0.2, 0.25) is 10.0 Å². The topological polar surface area (TPSA) is 20.3 Å². The van der Waals surface area contributed by atoms with Crippen molar-refractivity contribution in [3.8, 4) is 0 Å². The first kappa shape index (κ1) is 15.6. The van der Waals surface area contributed by atoms with Crippen molar-refractivity contribution < 1.29 is 4.79 Å². The van der Waals surface area contributed by atoms with Gasteiger partial charge in [0.15, 0.2) is 4.32 Å². The van der Waals surface area contributed by atoms with Gasteiger partial charge in [-0.1, -0.05) is 71.4 Å². The molecule has 2 aromatic rings. The van der Waals surface area contributed by atoms with Gasteiger partial charge in [-0.25, -0.2) is 0 Å². The summed E-state index contributed by atoms with van der Waals surface area (Å²) in [6, 6.07) is 14.5. The summed E-state index contributed by atoms with van der Waals surface area (Å²) in [5.74, 6) is -0.169. The molecule has 2 aromatic carbocycles. The van der Waals surface area contributed by atoms with E-state index in [1.807, 2.05) is 30.3 Å². The lowest BCUT2D eigenvalue weighted by Gasteiger charge is -2.13. The number of anilines is 1. The number of carbonyl (C=O) groups excluding carboxylic acids is 1. The van der Waals surface area contributed by atoms with E-state index in [2.05, 4.69) is 0 Å². The molecule has 110 valence electrons. The van der Waals surface area contributed by atoms with Crippen LogP contribution in [0.4, 0.5) is 5.69 Å². The molecule has 0 spiro atoms. The lowest BCUT2D eigenvalue weighted by Crippen LogP contribution is -2.27. The quantitative estimate of drug-likeness (QED) is 0.524. The third-order valence-electron chi connectivity index (χ3n) is 3.08. The summed E-state index contributed by atoms with van der Waals surface area (Å²) in [6.07, 6.45) is 1.69. The second-order valence-electron chi connectivity index (χ2n) is 4.49. The van der Waals surface area contributed by atoms with Gasteiger partial charge in [0, 0.05) is 15.6 Å². The monoisotopic (exact) mass is 365 g/mol. The second-order valence-corrected chi connectivity index (χ2v) is 6.98. The Bertz CT molecular complexity index is 770. The molecule has 0 aliphatic carbocycles. The zero-order valence-electron chi connectivity index (χ0n) is 11.1. The first-order valence-corrected chi connectivity index (χ1v) is 8.33. The molecule has 0 unspecified atom stereocenters. The number of carbonyl (C=O) groups is 1. The molecule has 22 heavy (non-hydrogen) atoms. The van der Waals surface area contributed by atoms with Crippen molar-refractivity contribution >= 4 is 69.2 Å². The number of rotatable bonds is 2. The SMILES string of the molecule is O=C1/C(=C\c2c(Cl)cccc2Cl)SC(=S)N1c1ccccc1. The van der Waals surface area contributed by atoms with E-state index in [0.29, 0.717) is 24.8 Å². The number of nitrogens with zero attached hydrogens (tertiary/aromatic N) is 1. The molecule has 3 rings (SSSR count). The molecular formula is C16H9Cl2NOS2. The number of benzene rings is 2. The molecule has 0 N–H and O–H groups in total. The first-order chi connectivity index (χ1) is 10.6. The van der Waals surface area contributed by atoms with Gasteiger partial charge in [0.2, 0.25) is 0 Å². The normalized spacial score (nSPS) is 16.6. The van der Waals surface area contributed by atoms with Crippen LogP contribution in [-0.4, -0.2) is 10.2 Å². The Kier molecular flexibility index (Phi) is 4.54. The van der Waals surface area contributed by atoms with Crippen molar-refractivity contribution in [3.63, 3.8) is 0 Å². The maximum absolute atomic E-state index is 12.6. The van der Waals surface area contributed by atoms with Crippen molar-refractivity contribution in [1.82, 2.24) is 0 Å². The summed E-state index contributed by atoms with van der Waals surface area (Å²) >= 11 is 18.9. The third kappa shape index (κ3) is 2.92. The summed E-state index contributed by atoms with van der Waals surface area (Å²) in [6.45, 7) is 0. The molecule has 0 saturated carbocycles. The van der Waals surface area contributed by atoms with Crippen LogP contribution >= 0.6 is 47.2 Å². The van der Waals surface area contributed by atoms with Crippen LogP contribution in [0.25, 0.3) is 6.08 Å². The fourth-order valence-corrected chi connectivity index (χ4v) is 3.83. The molecule has 0 atom stereocenters. The number of thioether (sulfide) groups is 1. The maximum Gasteiger partial charge on any atom is 0.270 e. The van der Waals surface area contributed by atoms with Crippen molar-refractivity contribution in [1.29, 1.82) is 0 Å². The smallest absolute Gasteiger partial charge is 0.268 e. The van der Waals surface area contributed by atoms with Gasteiger partial charge in [-0.15, -0.1) is 0 Å². The van der Waals surface area contributed by atoms with Crippen LogP contribution in [0, 0.1) is 0 Å². The largest absolute Gasteiger partial charge is 0.270 e. The summed E-state index contributed by atoms with van der Waals surface area (Å²) < 4.78 is 0.491. The lowest BCUT2D eigenvalue weighted by atomic mass is 10.2. The highest BCUT2D eigenvalue weighted by atomic mass is 35.5. The standard InChI is InChI=1S/C16H9Cl2NOS2/c17-12-7-4-8-13(18)11(12)9-14-15(20)19(16(21)22-14)10-5-2-1-3-6-10/h1-9H/b14-9+. The highest BCUT2D eigenvalue weighted by molar-refractivity contribution is 8.27. The Balaban J connectivity index is 2.00. The Morgan fingerprint density at radius 2 is 1.64 bits per heavy atom. The van der Waals surface area contributed by atoms with Gasteiger partial charge < -0.3 is 0 Å². The minimum Gasteiger partial charge on any atom is -0.268 e. The highest BCUT2D eigenvalue weighted by Crippen LogP contribution is 2.37. The van der Waals surface area contributed by atoms with Crippen LogP contribution in [0.15, 0.2) is 53.4 Å². The van der Waals surface area contributed by atoms with E-state index in [1.165, 1.54) is 16.7 Å². The summed E-state index contributed by atoms with van der Waals surface area (Å²) in [4.78, 5) is 14.6. The number of halogens is 2. The summed E-state index contributed by atoms with van der Waals surface area (Å²) in [5.41, 5.74) is 1.37. The third-order valence-corrected chi connectivity index (χ3v) is 5.04. The predicted molar refractivity (Wildman–Crippen MR) is 98.6 cm³/mol. The van der Waals surface area contributed by atoms with E-state index in [-0.39, 0.29) is 5.91 Å². The molecule has 1 aliphatic rings. The number of hydrogen-bond acceptors (Lipinski definition) is 3. The van der Waals surface area contributed by atoms with E-state index in [0.717, 1.165) is 5.69 Å². The Hall–Kier alpha value is -1.33. The van der Waals surface area contributed by atoms with E-state index < -0.39 is 0 Å². The molecule has 1 amide bonds. The number of para-hydroxylation sites is 1. The molecule has 0 bridgehead atoms. The van der Waals surface area contributed by atoms with Crippen molar-refractivity contribution in [2.45, 2.75) is 0 Å². The molecule has 0 radical (unpaired) electrons. The minimum absolute atomic E-state index is 0.169. The van der Waals surface area contributed by atoms with Crippen LogP contribution in [-0.2, 0) is 4.79 Å². The Labute approximate surface area is 147 Å². The maximum atomic E-state index is 12.6. The first-order valence-electron chi connectivity index (χ1n) is 6.35. The van der Waals surface area contributed by atoms with Crippen LogP contribution in [0.5, 0.6) is 0 Å². The van der Waals surface area contributed by atoms with E-state index in [9.17, 15) is 4.79 Å². The molecular weight excluding hydrogens is 357 g/mol.